The van der Waals surface area contributed by atoms with Crippen LogP contribution in [0.1, 0.15) is 18.5 Å². The van der Waals surface area contributed by atoms with Gasteiger partial charge in [0, 0.05) is 18.4 Å². The largest absolute Gasteiger partial charge is 0.373 e. The van der Waals surface area contributed by atoms with Gasteiger partial charge >= 0.3 is 0 Å². The van der Waals surface area contributed by atoms with Crippen molar-refractivity contribution in [3.05, 3.63) is 23.2 Å². The molecule has 1 aromatic rings. The van der Waals surface area contributed by atoms with Crippen molar-refractivity contribution in [1.29, 1.82) is 0 Å². The van der Waals surface area contributed by atoms with Gasteiger partial charge in [0.25, 0.3) is 0 Å². The minimum Gasteiger partial charge on any atom is -0.373 e. The van der Waals surface area contributed by atoms with Crippen molar-refractivity contribution in [2.75, 3.05) is 13.2 Å². The van der Waals surface area contributed by atoms with E-state index in [0.29, 0.717) is 30.1 Å². The van der Waals surface area contributed by atoms with E-state index >= 15 is 0 Å². The van der Waals surface area contributed by atoms with Crippen LogP contribution in [-0.4, -0.2) is 29.2 Å². The number of nitrogens with zero attached hydrogens (tertiary/aromatic N) is 2. The van der Waals surface area contributed by atoms with Crippen LogP contribution in [0.25, 0.3) is 0 Å². The molecule has 2 rings (SSSR count). The molecular formula is C10H15Cl2N3O. The molecule has 1 atom stereocenters. The summed E-state index contributed by atoms with van der Waals surface area (Å²) < 4.78 is 5.54. The van der Waals surface area contributed by atoms with Gasteiger partial charge in [-0.1, -0.05) is 11.6 Å². The highest BCUT2D eigenvalue weighted by Crippen LogP contribution is 2.11. The third-order valence-corrected chi connectivity index (χ3v) is 2.76. The number of nitrogens with one attached hydrogen (secondary N) is 1. The van der Waals surface area contributed by atoms with E-state index in [4.69, 9.17) is 16.3 Å². The second-order valence-corrected chi connectivity index (χ2v) is 3.96. The molecule has 16 heavy (non-hydrogen) atoms. The SMILES string of the molecule is Cl.Clc1nccnc1COCC1CCCN1. The molecule has 1 saturated heterocycles. The van der Waals surface area contributed by atoms with Crippen LogP contribution in [0.2, 0.25) is 5.15 Å². The van der Waals surface area contributed by atoms with Crippen LogP contribution >= 0.6 is 24.0 Å². The zero-order chi connectivity index (χ0) is 10.5. The van der Waals surface area contributed by atoms with Gasteiger partial charge in [0.05, 0.1) is 13.2 Å². The Labute approximate surface area is 106 Å². The van der Waals surface area contributed by atoms with E-state index in [-0.39, 0.29) is 12.4 Å². The van der Waals surface area contributed by atoms with E-state index in [1.807, 2.05) is 0 Å². The van der Waals surface area contributed by atoms with Crippen molar-refractivity contribution in [1.82, 2.24) is 15.3 Å². The first kappa shape index (κ1) is 13.6. The molecule has 4 nitrogen and oxygen atoms in total. The van der Waals surface area contributed by atoms with Gasteiger partial charge in [-0.05, 0) is 19.4 Å². The van der Waals surface area contributed by atoms with Gasteiger partial charge in [-0.25, -0.2) is 4.98 Å². The Kier molecular flexibility index (Phi) is 5.98. The molecule has 0 spiro atoms. The first-order valence-corrected chi connectivity index (χ1v) is 5.50. The molecule has 90 valence electrons. The van der Waals surface area contributed by atoms with Gasteiger partial charge in [-0.2, -0.15) is 0 Å². The van der Waals surface area contributed by atoms with Gasteiger partial charge < -0.3 is 10.1 Å². The molecule has 0 aliphatic carbocycles. The summed E-state index contributed by atoms with van der Waals surface area (Å²) in [5.74, 6) is 0. The molecular weight excluding hydrogens is 249 g/mol. The summed E-state index contributed by atoms with van der Waals surface area (Å²) in [5, 5.41) is 3.79. The smallest absolute Gasteiger partial charge is 0.152 e. The second-order valence-electron chi connectivity index (χ2n) is 3.60. The van der Waals surface area contributed by atoms with Crippen molar-refractivity contribution in [2.45, 2.75) is 25.5 Å². The molecule has 1 N–H and O–H groups in total. The third-order valence-electron chi connectivity index (χ3n) is 2.44. The lowest BCUT2D eigenvalue weighted by Crippen LogP contribution is -2.26. The van der Waals surface area contributed by atoms with Crippen LogP contribution in [0.15, 0.2) is 12.4 Å². The molecule has 0 bridgehead atoms. The lowest BCUT2D eigenvalue weighted by molar-refractivity contribution is 0.101. The molecule has 0 saturated carbocycles. The van der Waals surface area contributed by atoms with Crippen LogP contribution in [0.5, 0.6) is 0 Å². The monoisotopic (exact) mass is 263 g/mol. The molecule has 1 aromatic heterocycles. The lowest BCUT2D eigenvalue weighted by Gasteiger charge is -2.10. The molecule has 0 aromatic carbocycles. The number of hydrogen-bond acceptors (Lipinski definition) is 4. The fraction of sp³-hybridized carbons (Fsp3) is 0.600. The molecule has 2 heterocycles. The van der Waals surface area contributed by atoms with Gasteiger partial charge in [0.15, 0.2) is 5.15 Å². The van der Waals surface area contributed by atoms with Gasteiger partial charge in [-0.3, -0.25) is 4.98 Å². The number of halogens is 2. The Morgan fingerprint density at radius 3 is 2.94 bits per heavy atom. The zero-order valence-electron chi connectivity index (χ0n) is 8.86. The van der Waals surface area contributed by atoms with E-state index in [1.54, 1.807) is 12.4 Å². The molecule has 0 radical (unpaired) electrons. The van der Waals surface area contributed by atoms with E-state index in [9.17, 15) is 0 Å². The first-order chi connectivity index (χ1) is 7.36. The molecule has 1 fully saturated rings. The van der Waals surface area contributed by atoms with Gasteiger partial charge in [0.2, 0.25) is 0 Å². The summed E-state index contributed by atoms with van der Waals surface area (Å²) in [5.41, 5.74) is 0.706. The Bertz CT molecular complexity index is 319. The molecule has 0 amide bonds. The summed E-state index contributed by atoms with van der Waals surface area (Å²) in [6, 6.07) is 0.487. The first-order valence-electron chi connectivity index (χ1n) is 5.13. The Hall–Kier alpha value is -0.420. The maximum Gasteiger partial charge on any atom is 0.152 e. The number of aromatic nitrogens is 2. The third kappa shape index (κ3) is 3.87. The number of ether oxygens (including phenoxy) is 1. The maximum absolute atomic E-state index is 5.85. The van der Waals surface area contributed by atoms with Crippen LogP contribution in [0, 0.1) is 0 Å². The number of rotatable bonds is 4. The van der Waals surface area contributed by atoms with E-state index in [2.05, 4.69) is 15.3 Å². The van der Waals surface area contributed by atoms with E-state index in [1.165, 1.54) is 12.8 Å². The average molecular weight is 264 g/mol. The summed E-state index contributed by atoms with van der Waals surface area (Å²) in [4.78, 5) is 8.04. The average Bonchev–Trinajstić information content (AvgIpc) is 2.74. The predicted octanol–water partition coefficient (Wildman–Crippen LogP) is 1.82. The molecule has 1 unspecified atom stereocenters. The normalized spacial score (nSPS) is 19.4. The molecule has 1 aliphatic rings. The van der Waals surface area contributed by atoms with Crippen molar-refractivity contribution in [3.63, 3.8) is 0 Å². The standard InChI is InChI=1S/C10H14ClN3O.ClH/c11-10-9(13-4-5-14-10)7-15-6-8-2-1-3-12-8;/h4-5,8,12H,1-3,6-7H2;1H. The van der Waals surface area contributed by atoms with Crippen molar-refractivity contribution < 1.29 is 4.74 Å². The highest BCUT2D eigenvalue weighted by atomic mass is 35.5. The predicted molar refractivity (Wildman–Crippen MR) is 65.0 cm³/mol. The summed E-state index contributed by atoms with van der Waals surface area (Å²) in [6.07, 6.45) is 5.62. The van der Waals surface area contributed by atoms with E-state index < -0.39 is 0 Å². The Morgan fingerprint density at radius 1 is 1.44 bits per heavy atom. The van der Waals surface area contributed by atoms with Crippen molar-refractivity contribution in [3.8, 4) is 0 Å². The van der Waals surface area contributed by atoms with Gasteiger partial charge in [0.1, 0.15) is 5.69 Å². The summed E-state index contributed by atoms with van der Waals surface area (Å²) in [7, 11) is 0. The minimum atomic E-state index is 0. The fourth-order valence-electron chi connectivity index (χ4n) is 1.64. The topological polar surface area (TPSA) is 47.0 Å². The molecule has 1 aliphatic heterocycles. The Morgan fingerprint density at radius 2 is 2.25 bits per heavy atom. The van der Waals surface area contributed by atoms with Crippen LogP contribution in [-0.2, 0) is 11.3 Å². The molecule has 6 heteroatoms. The highest BCUT2D eigenvalue weighted by molar-refractivity contribution is 6.29. The maximum atomic E-state index is 5.85. The zero-order valence-corrected chi connectivity index (χ0v) is 10.4. The van der Waals surface area contributed by atoms with Crippen LogP contribution in [0.4, 0.5) is 0 Å². The fourth-order valence-corrected chi connectivity index (χ4v) is 1.80. The highest BCUT2D eigenvalue weighted by Gasteiger charge is 2.14. The van der Waals surface area contributed by atoms with E-state index in [0.717, 1.165) is 6.54 Å². The quantitative estimate of drug-likeness (QED) is 0.901. The summed E-state index contributed by atoms with van der Waals surface area (Å²) >= 11 is 5.85. The number of hydrogen-bond donors (Lipinski definition) is 1. The van der Waals surface area contributed by atoms with Crippen molar-refractivity contribution in [2.24, 2.45) is 0 Å². The lowest BCUT2D eigenvalue weighted by atomic mass is 10.2. The summed E-state index contributed by atoms with van der Waals surface area (Å²) in [6.45, 7) is 2.25. The minimum absolute atomic E-state index is 0. The van der Waals surface area contributed by atoms with Crippen molar-refractivity contribution >= 4 is 24.0 Å². The van der Waals surface area contributed by atoms with Crippen LogP contribution in [0.3, 0.4) is 0 Å². The van der Waals surface area contributed by atoms with Crippen LogP contribution < -0.4 is 5.32 Å². The Balaban J connectivity index is 0.00000128. The second kappa shape index (κ2) is 7.01. The van der Waals surface area contributed by atoms with Gasteiger partial charge in [-0.15, -0.1) is 12.4 Å².